The summed E-state index contributed by atoms with van der Waals surface area (Å²) in [6.45, 7) is 6.78. The first-order valence-electron chi connectivity index (χ1n) is 5.98. The Morgan fingerprint density at radius 3 is 2.59 bits per heavy atom. The van der Waals surface area contributed by atoms with Crippen LogP contribution in [-0.4, -0.2) is 4.98 Å². The molecule has 17 heavy (non-hydrogen) atoms. The van der Waals surface area contributed by atoms with Crippen molar-refractivity contribution in [2.24, 2.45) is 5.41 Å². The summed E-state index contributed by atoms with van der Waals surface area (Å²) in [5, 5.41) is 0. The molecule has 0 saturated heterocycles. The van der Waals surface area contributed by atoms with E-state index in [1.165, 1.54) is 17.5 Å². The van der Waals surface area contributed by atoms with Gasteiger partial charge in [-0.2, -0.15) is 0 Å². The number of hydrogen-bond acceptors (Lipinski definition) is 2. The highest BCUT2D eigenvalue weighted by Crippen LogP contribution is 2.21. The van der Waals surface area contributed by atoms with Gasteiger partial charge >= 0.3 is 0 Å². The fraction of sp³-hybridized carbons (Fsp3) is 0.400. The summed E-state index contributed by atoms with van der Waals surface area (Å²) < 4.78 is 5.27. The van der Waals surface area contributed by atoms with Gasteiger partial charge in [0.25, 0.3) is 0 Å². The maximum atomic E-state index is 5.27. The molecule has 0 fully saturated rings. The van der Waals surface area contributed by atoms with Crippen LogP contribution in [0.3, 0.4) is 0 Å². The first-order valence-corrected chi connectivity index (χ1v) is 5.98. The highest BCUT2D eigenvalue weighted by Gasteiger charge is 2.11. The lowest BCUT2D eigenvalue weighted by atomic mass is 9.87. The zero-order valence-electron chi connectivity index (χ0n) is 10.7. The Labute approximate surface area is 103 Å². The van der Waals surface area contributed by atoms with Crippen LogP contribution in [0.2, 0.25) is 0 Å². The predicted octanol–water partition coefficient (Wildman–Crippen LogP) is 3.85. The van der Waals surface area contributed by atoms with Crippen molar-refractivity contribution in [2.45, 2.75) is 33.6 Å². The maximum absolute atomic E-state index is 5.27. The van der Waals surface area contributed by atoms with E-state index in [0.29, 0.717) is 5.41 Å². The quantitative estimate of drug-likeness (QED) is 0.799. The highest BCUT2D eigenvalue weighted by atomic mass is 16.3. The third kappa shape index (κ3) is 3.74. The van der Waals surface area contributed by atoms with E-state index in [-0.39, 0.29) is 0 Å². The number of rotatable bonds is 3. The van der Waals surface area contributed by atoms with Crippen molar-refractivity contribution in [3.05, 3.63) is 53.7 Å². The van der Waals surface area contributed by atoms with Crippen LogP contribution in [-0.2, 0) is 12.8 Å². The maximum Gasteiger partial charge on any atom is 0.180 e. The van der Waals surface area contributed by atoms with Crippen molar-refractivity contribution in [3.8, 4) is 0 Å². The molecular formula is C15H19NO. The normalized spacial score (nSPS) is 11.7. The monoisotopic (exact) mass is 229 g/mol. The number of nitrogens with zero attached hydrogens (tertiary/aromatic N) is 1. The molecular weight excluding hydrogens is 210 g/mol. The Morgan fingerprint density at radius 2 is 1.94 bits per heavy atom. The van der Waals surface area contributed by atoms with Gasteiger partial charge in [0.1, 0.15) is 5.76 Å². The third-order valence-electron chi connectivity index (χ3n) is 2.59. The lowest BCUT2D eigenvalue weighted by molar-refractivity contribution is 0.411. The van der Waals surface area contributed by atoms with E-state index < -0.39 is 0 Å². The van der Waals surface area contributed by atoms with Crippen LogP contribution in [0.5, 0.6) is 0 Å². The smallest absolute Gasteiger partial charge is 0.180 e. The molecule has 0 saturated carbocycles. The van der Waals surface area contributed by atoms with Crippen molar-refractivity contribution < 1.29 is 4.42 Å². The molecule has 0 bridgehead atoms. The van der Waals surface area contributed by atoms with Gasteiger partial charge in [-0.1, -0.05) is 45.0 Å². The molecule has 90 valence electrons. The summed E-state index contributed by atoms with van der Waals surface area (Å²) >= 11 is 0. The van der Waals surface area contributed by atoms with E-state index in [4.69, 9.17) is 4.42 Å². The van der Waals surface area contributed by atoms with E-state index in [1.807, 2.05) is 0 Å². The number of aromatic nitrogens is 1. The molecule has 0 atom stereocenters. The SMILES string of the molecule is CC(C)(C)Cc1cccc(Cc2cnco2)c1. The first-order chi connectivity index (χ1) is 8.03. The Kier molecular flexibility index (Phi) is 3.32. The van der Waals surface area contributed by atoms with Crippen molar-refractivity contribution in [1.29, 1.82) is 0 Å². The van der Waals surface area contributed by atoms with Gasteiger partial charge in [-0.3, -0.25) is 0 Å². The number of oxazole rings is 1. The van der Waals surface area contributed by atoms with Crippen LogP contribution in [0.15, 0.2) is 41.3 Å². The van der Waals surface area contributed by atoms with E-state index in [9.17, 15) is 0 Å². The topological polar surface area (TPSA) is 26.0 Å². The van der Waals surface area contributed by atoms with Crippen molar-refractivity contribution in [2.75, 3.05) is 0 Å². The molecule has 0 aliphatic carbocycles. The van der Waals surface area contributed by atoms with Gasteiger partial charge < -0.3 is 4.42 Å². The zero-order chi connectivity index (χ0) is 12.3. The largest absolute Gasteiger partial charge is 0.448 e. The summed E-state index contributed by atoms with van der Waals surface area (Å²) in [5.41, 5.74) is 2.99. The average Bonchev–Trinajstić information content (AvgIpc) is 2.68. The first kappa shape index (κ1) is 11.9. The molecule has 0 unspecified atom stereocenters. The lowest BCUT2D eigenvalue weighted by Crippen LogP contribution is -2.09. The molecule has 2 rings (SSSR count). The van der Waals surface area contributed by atoms with Crippen LogP contribution in [0.25, 0.3) is 0 Å². The van der Waals surface area contributed by atoms with Crippen LogP contribution in [0, 0.1) is 5.41 Å². The van der Waals surface area contributed by atoms with Crippen LogP contribution in [0.4, 0.5) is 0 Å². The minimum Gasteiger partial charge on any atom is -0.448 e. The number of benzene rings is 1. The molecule has 1 aromatic heterocycles. The summed E-state index contributed by atoms with van der Waals surface area (Å²) in [4.78, 5) is 3.93. The Hall–Kier alpha value is -1.57. The third-order valence-corrected chi connectivity index (χ3v) is 2.59. The van der Waals surface area contributed by atoms with Gasteiger partial charge in [-0.05, 0) is 23.0 Å². The lowest BCUT2D eigenvalue weighted by Gasteiger charge is -2.18. The molecule has 2 heteroatoms. The van der Waals surface area contributed by atoms with Crippen LogP contribution >= 0.6 is 0 Å². The second kappa shape index (κ2) is 4.74. The molecule has 0 aliphatic heterocycles. The van der Waals surface area contributed by atoms with E-state index in [2.05, 4.69) is 50.0 Å². The van der Waals surface area contributed by atoms with Crippen LogP contribution < -0.4 is 0 Å². The van der Waals surface area contributed by atoms with Gasteiger partial charge in [-0.15, -0.1) is 0 Å². The summed E-state index contributed by atoms with van der Waals surface area (Å²) in [6.07, 6.45) is 5.17. The van der Waals surface area contributed by atoms with Gasteiger partial charge in [0.2, 0.25) is 0 Å². The predicted molar refractivity (Wildman–Crippen MR) is 68.9 cm³/mol. The molecule has 2 aromatic rings. The van der Waals surface area contributed by atoms with Crippen molar-refractivity contribution >= 4 is 0 Å². The molecule has 2 nitrogen and oxygen atoms in total. The minimum atomic E-state index is 0.324. The van der Waals surface area contributed by atoms with Crippen molar-refractivity contribution in [3.63, 3.8) is 0 Å². The zero-order valence-corrected chi connectivity index (χ0v) is 10.7. The summed E-state index contributed by atoms with van der Waals surface area (Å²) in [7, 11) is 0. The van der Waals surface area contributed by atoms with Crippen LogP contribution in [0.1, 0.15) is 37.7 Å². The second-order valence-electron chi connectivity index (χ2n) is 5.70. The molecule has 0 spiro atoms. The number of hydrogen-bond donors (Lipinski definition) is 0. The summed E-state index contributed by atoms with van der Waals surface area (Å²) in [5.74, 6) is 0.915. The van der Waals surface area contributed by atoms with Gasteiger partial charge in [0.15, 0.2) is 6.39 Å². The Morgan fingerprint density at radius 1 is 1.18 bits per heavy atom. The molecule has 0 radical (unpaired) electrons. The van der Waals surface area contributed by atoms with Crippen molar-refractivity contribution in [1.82, 2.24) is 4.98 Å². The average molecular weight is 229 g/mol. The Balaban J connectivity index is 2.12. The second-order valence-corrected chi connectivity index (χ2v) is 5.70. The van der Waals surface area contributed by atoms with Gasteiger partial charge in [-0.25, -0.2) is 4.98 Å². The standard InChI is InChI=1S/C15H19NO/c1-15(2,3)9-13-6-4-5-12(7-13)8-14-10-16-11-17-14/h4-7,10-11H,8-9H2,1-3H3. The highest BCUT2D eigenvalue weighted by molar-refractivity contribution is 5.26. The minimum absolute atomic E-state index is 0.324. The molecule has 0 aliphatic rings. The van der Waals surface area contributed by atoms with Gasteiger partial charge in [0, 0.05) is 6.42 Å². The fourth-order valence-corrected chi connectivity index (χ4v) is 1.99. The molecule has 0 amide bonds. The summed E-state index contributed by atoms with van der Waals surface area (Å²) in [6, 6.07) is 8.70. The molecule has 1 aromatic carbocycles. The van der Waals surface area contributed by atoms with E-state index in [0.717, 1.165) is 18.6 Å². The van der Waals surface area contributed by atoms with Gasteiger partial charge in [0.05, 0.1) is 6.20 Å². The molecule has 0 N–H and O–H groups in total. The van der Waals surface area contributed by atoms with E-state index in [1.54, 1.807) is 6.20 Å². The molecule has 1 heterocycles. The van der Waals surface area contributed by atoms with E-state index >= 15 is 0 Å². The fourth-order valence-electron chi connectivity index (χ4n) is 1.99. The Bertz CT molecular complexity index is 466.